The number of nitrogens with one attached hydrogen (secondary N) is 2. The number of nitro groups is 1. The zero-order valence-corrected chi connectivity index (χ0v) is 12.7. The summed E-state index contributed by atoms with van der Waals surface area (Å²) in [6.45, 7) is 1.20. The zero-order valence-electron chi connectivity index (χ0n) is 12.7. The summed E-state index contributed by atoms with van der Waals surface area (Å²) in [4.78, 5) is 57.6. The molecule has 1 aliphatic rings. The van der Waals surface area contributed by atoms with E-state index in [4.69, 9.17) is 0 Å². The Morgan fingerprint density at radius 1 is 1.12 bits per heavy atom. The van der Waals surface area contributed by atoms with Gasteiger partial charge in [-0.05, 0) is 6.07 Å². The van der Waals surface area contributed by atoms with Crippen LogP contribution in [0, 0.1) is 10.1 Å². The van der Waals surface area contributed by atoms with Gasteiger partial charge in [-0.3, -0.25) is 34.2 Å². The second kappa shape index (κ2) is 6.86. The maximum Gasteiger partial charge on any atom is 0.270 e. The molecule has 0 unspecified atom stereocenters. The van der Waals surface area contributed by atoms with Crippen molar-refractivity contribution >= 4 is 29.3 Å². The molecule has 0 saturated heterocycles. The molecule has 0 aliphatic carbocycles. The molecule has 2 rings (SSSR count). The summed E-state index contributed by atoms with van der Waals surface area (Å²) in [7, 11) is 0. The molecule has 0 atom stereocenters. The van der Waals surface area contributed by atoms with Crippen LogP contribution in [0.1, 0.15) is 27.6 Å². The molecule has 0 bridgehead atoms. The summed E-state index contributed by atoms with van der Waals surface area (Å²) in [5, 5.41) is 15.7. The maximum atomic E-state index is 12.2. The molecule has 2 N–H and O–H groups in total. The Kier molecular flexibility index (Phi) is 4.87. The van der Waals surface area contributed by atoms with Crippen molar-refractivity contribution in [3.8, 4) is 0 Å². The summed E-state index contributed by atoms with van der Waals surface area (Å²) in [5.41, 5.74) is -0.381. The van der Waals surface area contributed by atoms with Crippen LogP contribution in [0.3, 0.4) is 0 Å². The van der Waals surface area contributed by atoms with Crippen LogP contribution >= 0.6 is 0 Å². The number of carbonyl (C=O) groups excluding carboxylic acids is 4. The Labute approximate surface area is 136 Å². The summed E-state index contributed by atoms with van der Waals surface area (Å²) in [5.74, 6) is -2.26. The van der Waals surface area contributed by atoms with Crippen molar-refractivity contribution in [3.63, 3.8) is 0 Å². The summed E-state index contributed by atoms with van der Waals surface area (Å²) in [6.07, 6.45) is 0. The largest absolute Gasteiger partial charge is 0.355 e. The highest BCUT2D eigenvalue weighted by atomic mass is 16.6. The first-order valence-corrected chi connectivity index (χ1v) is 6.97. The third kappa shape index (κ3) is 3.54. The van der Waals surface area contributed by atoms with Crippen LogP contribution in [-0.2, 0) is 9.59 Å². The number of non-ortho nitro benzene ring substituents is 1. The van der Waals surface area contributed by atoms with E-state index in [2.05, 4.69) is 10.6 Å². The van der Waals surface area contributed by atoms with Crippen LogP contribution in [0.4, 0.5) is 5.69 Å². The molecule has 24 heavy (non-hydrogen) atoms. The molecule has 0 aromatic heterocycles. The number of nitro benzene ring substituents is 1. The van der Waals surface area contributed by atoms with Crippen molar-refractivity contribution in [3.05, 3.63) is 39.4 Å². The van der Waals surface area contributed by atoms with Gasteiger partial charge >= 0.3 is 0 Å². The van der Waals surface area contributed by atoms with Crippen molar-refractivity contribution in [1.82, 2.24) is 15.5 Å². The molecule has 10 nitrogen and oxygen atoms in total. The number of hydrogen-bond acceptors (Lipinski definition) is 6. The summed E-state index contributed by atoms with van der Waals surface area (Å²) < 4.78 is 0. The molecule has 1 aromatic rings. The Bertz CT molecular complexity index is 745. The molecule has 0 spiro atoms. The first kappa shape index (κ1) is 17.1. The van der Waals surface area contributed by atoms with Crippen LogP contribution in [0.2, 0.25) is 0 Å². The summed E-state index contributed by atoms with van der Waals surface area (Å²) in [6, 6.07) is 3.34. The van der Waals surface area contributed by atoms with Crippen LogP contribution in [0.15, 0.2) is 18.2 Å². The van der Waals surface area contributed by atoms with Gasteiger partial charge in [0.05, 0.1) is 16.1 Å². The Morgan fingerprint density at radius 2 is 1.75 bits per heavy atom. The average molecular weight is 334 g/mol. The minimum absolute atomic E-state index is 0.0247. The fraction of sp³-hybridized carbons (Fsp3) is 0.286. The van der Waals surface area contributed by atoms with Gasteiger partial charge in [0.1, 0.15) is 6.54 Å². The van der Waals surface area contributed by atoms with E-state index < -0.39 is 29.2 Å². The van der Waals surface area contributed by atoms with Crippen LogP contribution in [-0.4, -0.2) is 53.1 Å². The molecule has 0 fully saturated rings. The van der Waals surface area contributed by atoms with E-state index in [1.807, 2.05) is 0 Å². The smallest absolute Gasteiger partial charge is 0.270 e. The topological polar surface area (TPSA) is 139 Å². The summed E-state index contributed by atoms with van der Waals surface area (Å²) >= 11 is 0. The van der Waals surface area contributed by atoms with Crippen molar-refractivity contribution in [2.75, 3.05) is 19.6 Å². The lowest BCUT2D eigenvalue weighted by Gasteiger charge is -2.13. The standard InChI is InChI=1S/C14H14N4O6/c1-8(19)15-4-5-16-12(20)7-17-13(21)10-3-2-9(18(23)24)6-11(10)14(17)22/h2-3,6H,4-5,7H2,1H3,(H,15,19)(H,16,20). The number of imide groups is 1. The SMILES string of the molecule is CC(=O)NCCNC(=O)CN1C(=O)c2ccc([N+](=O)[O-])cc2C1=O. The minimum Gasteiger partial charge on any atom is -0.355 e. The van der Waals surface area contributed by atoms with E-state index in [9.17, 15) is 29.3 Å². The van der Waals surface area contributed by atoms with Gasteiger partial charge in [-0.15, -0.1) is 0 Å². The first-order valence-electron chi connectivity index (χ1n) is 6.97. The van der Waals surface area contributed by atoms with Gasteiger partial charge in [0.15, 0.2) is 0 Å². The van der Waals surface area contributed by atoms with Gasteiger partial charge in [0.2, 0.25) is 11.8 Å². The van der Waals surface area contributed by atoms with Gasteiger partial charge < -0.3 is 10.6 Å². The highest BCUT2D eigenvalue weighted by molar-refractivity contribution is 6.22. The molecule has 1 heterocycles. The first-order chi connectivity index (χ1) is 11.3. The molecular formula is C14H14N4O6. The van der Waals surface area contributed by atoms with Gasteiger partial charge in [-0.25, -0.2) is 0 Å². The average Bonchev–Trinajstić information content (AvgIpc) is 2.76. The van der Waals surface area contributed by atoms with Gasteiger partial charge in [0, 0.05) is 32.1 Å². The Balaban J connectivity index is 2.01. The lowest BCUT2D eigenvalue weighted by Crippen LogP contribution is -2.42. The predicted molar refractivity (Wildman–Crippen MR) is 80.2 cm³/mol. The van der Waals surface area contributed by atoms with Crippen LogP contribution in [0.25, 0.3) is 0 Å². The van der Waals surface area contributed by atoms with Crippen LogP contribution in [0.5, 0.6) is 0 Å². The molecule has 1 aliphatic heterocycles. The lowest BCUT2D eigenvalue weighted by atomic mass is 10.1. The highest BCUT2D eigenvalue weighted by Crippen LogP contribution is 2.26. The van der Waals surface area contributed by atoms with Gasteiger partial charge in [-0.1, -0.05) is 0 Å². The Hall–Kier alpha value is -3.30. The number of carbonyl (C=O) groups is 4. The van der Waals surface area contributed by atoms with E-state index in [0.29, 0.717) is 0 Å². The van der Waals surface area contributed by atoms with Crippen molar-refractivity contribution in [2.24, 2.45) is 0 Å². The lowest BCUT2D eigenvalue weighted by molar-refractivity contribution is -0.384. The molecule has 0 radical (unpaired) electrons. The van der Waals surface area contributed by atoms with Crippen molar-refractivity contribution in [1.29, 1.82) is 0 Å². The van der Waals surface area contributed by atoms with E-state index in [0.717, 1.165) is 17.0 Å². The van der Waals surface area contributed by atoms with Gasteiger partial charge in [-0.2, -0.15) is 0 Å². The zero-order chi connectivity index (χ0) is 17.9. The monoisotopic (exact) mass is 334 g/mol. The Morgan fingerprint density at radius 3 is 2.38 bits per heavy atom. The maximum absolute atomic E-state index is 12.2. The predicted octanol–water partition coefficient (Wildman–Crippen LogP) is -0.557. The van der Waals surface area contributed by atoms with E-state index in [1.54, 1.807) is 0 Å². The van der Waals surface area contributed by atoms with Crippen molar-refractivity contribution in [2.45, 2.75) is 6.92 Å². The third-order valence-electron chi connectivity index (χ3n) is 3.29. The third-order valence-corrected chi connectivity index (χ3v) is 3.29. The second-order valence-electron chi connectivity index (χ2n) is 5.02. The fourth-order valence-corrected chi connectivity index (χ4v) is 2.18. The van der Waals surface area contributed by atoms with Crippen LogP contribution < -0.4 is 10.6 Å². The number of amides is 4. The number of fused-ring (bicyclic) bond motifs is 1. The minimum atomic E-state index is -0.754. The fourth-order valence-electron chi connectivity index (χ4n) is 2.18. The number of benzene rings is 1. The molecular weight excluding hydrogens is 320 g/mol. The molecule has 10 heteroatoms. The number of rotatable bonds is 6. The second-order valence-corrected chi connectivity index (χ2v) is 5.02. The number of nitrogens with zero attached hydrogens (tertiary/aromatic N) is 2. The number of hydrogen-bond donors (Lipinski definition) is 2. The quantitative estimate of drug-likeness (QED) is 0.309. The molecule has 1 aromatic carbocycles. The highest BCUT2D eigenvalue weighted by Gasteiger charge is 2.37. The van der Waals surface area contributed by atoms with Crippen molar-refractivity contribution < 1.29 is 24.1 Å². The molecule has 4 amide bonds. The van der Waals surface area contributed by atoms with E-state index >= 15 is 0 Å². The normalized spacial score (nSPS) is 12.8. The molecule has 126 valence electrons. The van der Waals surface area contributed by atoms with E-state index in [1.165, 1.54) is 13.0 Å². The molecule has 0 saturated carbocycles. The van der Waals surface area contributed by atoms with E-state index in [-0.39, 0.29) is 35.8 Å². The van der Waals surface area contributed by atoms with Gasteiger partial charge in [0.25, 0.3) is 17.5 Å².